The molecule has 0 fully saturated rings. The predicted octanol–water partition coefficient (Wildman–Crippen LogP) is 5.27. The van der Waals surface area contributed by atoms with Crippen LogP contribution < -0.4 is 0 Å². The molecule has 1 aromatic carbocycles. The van der Waals surface area contributed by atoms with E-state index in [1.807, 2.05) is 0 Å². The molecule has 0 spiro atoms. The molecule has 0 saturated heterocycles. The van der Waals surface area contributed by atoms with Crippen molar-refractivity contribution >= 4 is 22.1 Å². The molecule has 0 amide bonds. The van der Waals surface area contributed by atoms with Crippen LogP contribution in [0.25, 0.3) is 28.5 Å². The van der Waals surface area contributed by atoms with Crippen molar-refractivity contribution in [3.63, 3.8) is 0 Å². The maximum absolute atomic E-state index is 13.3. The SMILES string of the molecule is CCS(=O)(=O)c1cc(-c2ccc(F)cc2)cnc1-c1noc(=S)n1-c1ccc(C(F)(F)F)cn1. The summed E-state index contributed by atoms with van der Waals surface area (Å²) < 4.78 is 84.0. The third-order valence-electron chi connectivity index (χ3n) is 4.87. The highest BCUT2D eigenvalue weighted by Gasteiger charge is 2.31. The minimum atomic E-state index is -4.59. The molecule has 0 aliphatic rings. The summed E-state index contributed by atoms with van der Waals surface area (Å²) in [6.45, 7) is 1.44. The molecule has 7 nitrogen and oxygen atoms in total. The van der Waals surface area contributed by atoms with Gasteiger partial charge in [0.1, 0.15) is 17.3 Å². The smallest absolute Gasteiger partial charge is 0.323 e. The Morgan fingerprint density at radius 2 is 1.74 bits per heavy atom. The Morgan fingerprint density at radius 3 is 2.32 bits per heavy atom. The Balaban J connectivity index is 1.90. The van der Waals surface area contributed by atoms with E-state index in [0.29, 0.717) is 17.3 Å². The molecule has 0 aliphatic heterocycles. The second-order valence-corrected chi connectivity index (χ2v) is 9.59. The van der Waals surface area contributed by atoms with Crippen LogP contribution in [0.15, 0.2) is 64.3 Å². The van der Waals surface area contributed by atoms with E-state index in [0.717, 1.165) is 16.7 Å². The van der Waals surface area contributed by atoms with Gasteiger partial charge in [-0.3, -0.25) is 4.98 Å². The molecule has 0 unspecified atom stereocenters. The largest absolute Gasteiger partial charge is 0.417 e. The topological polar surface area (TPSA) is 90.9 Å². The van der Waals surface area contributed by atoms with Gasteiger partial charge in [-0.1, -0.05) is 24.2 Å². The van der Waals surface area contributed by atoms with Gasteiger partial charge in [0.25, 0.3) is 0 Å². The van der Waals surface area contributed by atoms with Gasteiger partial charge >= 0.3 is 11.0 Å². The molecule has 3 heterocycles. The normalized spacial score (nSPS) is 12.1. The number of pyridine rings is 2. The fourth-order valence-electron chi connectivity index (χ4n) is 3.09. The minimum Gasteiger partial charge on any atom is -0.323 e. The van der Waals surface area contributed by atoms with Crippen LogP contribution in [0, 0.1) is 10.7 Å². The quantitative estimate of drug-likeness (QED) is 0.267. The maximum Gasteiger partial charge on any atom is 0.417 e. The maximum atomic E-state index is 13.3. The van der Waals surface area contributed by atoms with E-state index in [9.17, 15) is 26.0 Å². The molecule has 0 radical (unpaired) electrons. The van der Waals surface area contributed by atoms with Crippen LogP contribution in [0.1, 0.15) is 12.5 Å². The predicted molar refractivity (Wildman–Crippen MR) is 116 cm³/mol. The van der Waals surface area contributed by atoms with E-state index in [4.69, 9.17) is 16.7 Å². The monoisotopic (exact) mass is 510 g/mol. The molecular formula is C21H14F4N4O3S2. The zero-order chi connectivity index (χ0) is 24.7. The first-order valence-corrected chi connectivity index (χ1v) is 11.7. The van der Waals surface area contributed by atoms with E-state index in [-0.39, 0.29) is 32.8 Å². The van der Waals surface area contributed by atoms with Crippen LogP contribution in [0.5, 0.6) is 0 Å². The lowest BCUT2D eigenvalue weighted by Gasteiger charge is -2.12. The second kappa shape index (κ2) is 8.72. The van der Waals surface area contributed by atoms with Gasteiger partial charge < -0.3 is 4.52 Å². The summed E-state index contributed by atoms with van der Waals surface area (Å²) >= 11 is 5.10. The van der Waals surface area contributed by atoms with E-state index < -0.39 is 27.4 Å². The molecule has 0 atom stereocenters. The van der Waals surface area contributed by atoms with Crippen molar-refractivity contribution < 1.29 is 30.5 Å². The van der Waals surface area contributed by atoms with Crippen molar-refractivity contribution in [3.05, 3.63) is 71.1 Å². The Kier molecular flexibility index (Phi) is 6.08. The highest BCUT2D eigenvalue weighted by atomic mass is 32.2. The fourth-order valence-corrected chi connectivity index (χ4v) is 4.37. The van der Waals surface area contributed by atoms with Gasteiger partial charge in [-0.2, -0.15) is 13.2 Å². The van der Waals surface area contributed by atoms with Crippen molar-refractivity contribution in [2.45, 2.75) is 18.0 Å². The number of sulfone groups is 1. The highest BCUT2D eigenvalue weighted by Crippen LogP contribution is 2.32. The van der Waals surface area contributed by atoms with Crippen molar-refractivity contribution in [1.29, 1.82) is 0 Å². The zero-order valence-electron chi connectivity index (χ0n) is 17.2. The number of halogens is 4. The summed E-state index contributed by atoms with van der Waals surface area (Å²) in [7, 11) is -3.87. The first-order valence-electron chi connectivity index (χ1n) is 9.62. The van der Waals surface area contributed by atoms with E-state index in [2.05, 4.69) is 15.1 Å². The molecular weight excluding hydrogens is 496 g/mol. The van der Waals surface area contributed by atoms with Gasteiger partial charge in [-0.15, -0.1) is 0 Å². The number of hydrogen-bond donors (Lipinski definition) is 0. The first kappa shape index (κ1) is 23.7. The number of aromatic nitrogens is 4. The summed E-state index contributed by atoms with van der Waals surface area (Å²) in [5, 5.41) is 3.80. The molecule has 3 aromatic heterocycles. The van der Waals surface area contributed by atoms with E-state index in [1.165, 1.54) is 43.5 Å². The summed E-state index contributed by atoms with van der Waals surface area (Å²) in [5.41, 5.74) is -0.183. The molecule has 34 heavy (non-hydrogen) atoms. The van der Waals surface area contributed by atoms with Gasteiger partial charge in [0.2, 0.25) is 5.82 Å². The Labute approximate surface area is 195 Å². The molecule has 4 aromatic rings. The first-order chi connectivity index (χ1) is 16.0. The van der Waals surface area contributed by atoms with Crippen LogP contribution in [0.2, 0.25) is 0 Å². The van der Waals surface area contributed by atoms with Crippen LogP contribution in [0.4, 0.5) is 17.6 Å². The van der Waals surface area contributed by atoms with E-state index >= 15 is 0 Å². The van der Waals surface area contributed by atoms with Gasteiger partial charge in [0, 0.05) is 18.0 Å². The average molecular weight is 510 g/mol. The van der Waals surface area contributed by atoms with Gasteiger partial charge in [-0.05, 0) is 48.1 Å². The number of nitrogens with zero attached hydrogens (tertiary/aromatic N) is 4. The lowest BCUT2D eigenvalue weighted by Crippen LogP contribution is -2.11. The number of benzene rings is 1. The standard InChI is InChI=1S/C21H14F4N4O3S2/c1-2-34(30,31)16-9-13(12-3-6-15(22)7-4-12)10-27-18(16)19-28-32-20(33)29(19)17-8-5-14(11-26-17)21(23,24)25/h3-11H,2H2,1H3. The summed E-state index contributed by atoms with van der Waals surface area (Å²) in [6.07, 6.45) is -2.62. The highest BCUT2D eigenvalue weighted by molar-refractivity contribution is 7.91. The lowest BCUT2D eigenvalue weighted by atomic mass is 10.1. The Bertz CT molecular complexity index is 1510. The van der Waals surface area contributed by atoms with Crippen molar-refractivity contribution in [2.75, 3.05) is 5.75 Å². The zero-order valence-corrected chi connectivity index (χ0v) is 18.9. The lowest BCUT2D eigenvalue weighted by molar-refractivity contribution is -0.137. The van der Waals surface area contributed by atoms with Crippen molar-refractivity contribution in [2.24, 2.45) is 0 Å². The summed E-state index contributed by atoms with van der Waals surface area (Å²) in [5.74, 6) is -0.958. The summed E-state index contributed by atoms with van der Waals surface area (Å²) in [4.78, 5) is 7.55. The molecule has 13 heteroatoms. The molecule has 0 saturated carbocycles. The number of rotatable bonds is 5. The van der Waals surface area contributed by atoms with Crippen molar-refractivity contribution in [1.82, 2.24) is 19.7 Å². The fraction of sp³-hybridized carbons (Fsp3) is 0.143. The third kappa shape index (κ3) is 4.48. The van der Waals surface area contributed by atoms with Gasteiger partial charge in [0.15, 0.2) is 9.84 Å². The van der Waals surface area contributed by atoms with Gasteiger partial charge in [0.05, 0.1) is 16.2 Å². The number of alkyl halides is 3. The molecule has 0 aliphatic carbocycles. The molecule has 0 bridgehead atoms. The Morgan fingerprint density at radius 1 is 1.03 bits per heavy atom. The number of hydrogen-bond acceptors (Lipinski definition) is 7. The Hall–Kier alpha value is -3.45. The van der Waals surface area contributed by atoms with Crippen molar-refractivity contribution in [3.8, 4) is 28.5 Å². The second-order valence-electron chi connectivity index (χ2n) is 6.99. The van der Waals surface area contributed by atoms with Crippen LogP contribution in [-0.2, 0) is 16.0 Å². The van der Waals surface area contributed by atoms with Crippen LogP contribution in [0.3, 0.4) is 0 Å². The summed E-state index contributed by atoms with van der Waals surface area (Å²) in [6, 6.07) is 8.61. The average Bonchev–Trinajstić information content (AvgIpc) is 3.20. The molecule has 0 N–H and O–H groups in total. The molecule has 4 rings (SSSR count). The van der Waals surface area contributed by atoms with E-state index in [1.54, 1.807) is 0 Å². The van der Waals surface area contributed by atoms with Crippen LogP contribution >= 0.6 is 12.2 Å². The van der Waals surface area contributed by atoms with Gasteiger partial charge in [-0.25, -0.2) is 22.4 Å². The van der Waals surface area contributed by atoms with Crippen LogP contribution in [-0.4, -0.2) is 33.9 Å². The minimum absolute atomic E-state index is 0.0708. The third-order valence-corrected chi connectivity index (χ3v) is 6.86. The molecule has 176 valence electrons.